The van der Waals surface area contributed by atoms with Crippen LogP contribution in [-0.4, -0.2) is 11.4 Å². The largest absolute Gasteiger partial charge is 0.344 e. The molecule has 1 fully saturated rings. The summed E-state index contributed by atoms with van der Waals surface area (Å²) in [7, 11) is 0. The second-order valence-corrected chi connectivity index (χ2v) is 6.24. The number of epoxide rings is 1. The number of hydrogen-bond acceptors (Lipinski definition) is 2. The molecule has 24 heavy (non-hydrogen) atoms. The van der Waals surface area contributed by atoms with E-state index in [4.69, 9.17) is 4.74 Å². The summed E-state index contributed by atoms with van der Waals surface area (Å²) in [6, 6.07) is 29.3. The molecular formula is C22H18O2. The highest BCUT2D eigenvalue weighted by molar-refractivity contribution is 6.06. The number of ether oxygens (including phenoxy) is 1. The molecule has 0 amide bonds. The van der Waals surface area contributed by atoms with E-state index in [1.165, 1.54) is 0 Å². The van der Waals surface area contributed by atoms with E-state index in [0.29, 0.717) is 5.56 Å². The van der Waals surface area contributed by atoms with Gasteiger partial charge in [0.1, 0.15) is 0 Å². The summed E-state index contributed by atoms with van der Waals surface area (Å²) in [5.41, 5.74) is 1.04. The van der Waals surface area contributed by atoms with Crippen LogP contribution in [0.15, 0.2) is 91.0 Å². The van der Waals surface area contributed by atoms with Crippen molar-refractivity contribution in [3.05, 3.63) is 108 Å². The van der Waals surface area contributed by atoms with Crippen LogP contribution >= 0.6 is 0 Å². The van der Waals surface area contributed by atoms with Crippen LogP contribution in [0.25, 0.3) is 0 Å². The Balaban J connectivity index is 1.85. The van der Waals surface area contributed by atoms with Crippen molar-refractivity contribution in [2.45, 2.75) is 18.1 Å². The monoisotopic (exact) mass is 314 g/mol. The number of hydrogen-bond donors (Lipinski definition) is 0. The first-order chi connectivity index (χ1) is 11.7. The van der Waals surface area contributed by atoms with E-state index in [2.05, 4.69) is 0 Å². The second-order valence-electron chi connectivity index (χ2n) is 6.24. The van der Waals surface area contributed by atoms with Crippen LogP contribution in [-0.2, 0) is 10.3 Å². The predicted molar refractivity (Wildman–Crippen MR) is 93.9 cm³/mol. The lowest BCUT2D eigenvalue weighted by molar-refractivity contribution is 0.0888. The molecule has 3 aromatic carbocycles. The van der Waals surface area contributed by atoms with Gasteiger partial charge in [0.2, 0.25) is 0 Å². The van der Waals surface area contributed by atoms with Gasteiger partial charge in [-0.2, -0.15) is 0 Å². The molecule has 4 rings (SSSR count). The average molecular weight is 314 g/mol. The van der Waals surface area contributed by atoms with Crippen LogP contribution in [0.3, 0.4) is 0 Å². The van der Waals surface area contributed by atoms with Crippen molar-refractivity contribution in [2.24, 2.45) is 0 Å². The summed E-state index contributed by atoms with van der Waals surface area (Å²) in [5, 5.41) is 0. The van der Waals surface area contributed by atoms with Gasteiger partial charge in [0.25, 0.3) is 0 Å². The Morgan fingerprint density at radius 2 is 1.12 bits per heavy atom. The molecule has 0 bridgehead atoms. The zero-order chi connectivity index (χ0) is 16.6. The molecule has 3 aromatic rings. The zero-order valence-corrected chi connectivity index (χ0v) is 13.5. The Bertz CT molecular complexity index is 817. The smallest absolute Gasteiger partial charge is 0.198 e. The lowest BCUT2D eigenvalue weighted by atomic mass is 9.78. The molecule has 0 radical (unpaired) electrons. The molecule has 2 nitrogen and oxygen atoms in total. The van der Waals surface area contributed by atoms with Crippen LogP contribution in [0.1, 0.15) is 28.4 Å². The SMILES string of the molecule is CC1(C(=O)c2ccccc2)OC1(c1ccccc1)c1ccccc1. The third kappa shape index (κ3) is 2.04. The van der Waals surface area contributed by atoms with Gasteiger partial charge in [-0.05, 0) is 18.1 Å². The van der Waals surface area contributed by atoms with Crippen molar-refractivity contribution < 1.29 is 9.53 Å². The third-order valence-corrected chi connectivity index (χ3v) is 4.82. The Hall–Kier alpha value is -2.71. The zero-order valence-electron chi connectivity index (χ0n) is 13.5. The molecule has 1 heterocycles. The van der Waals surface area contributed by atoms with Gasteiger partial charge in [-0.1, -0.05) is 91.0 Å². The first-order valence-corrected chi connectivity index (χ1v) is 8.09. The summed E-state index contributed by atoms with van der Waals surface area (Å²) in [6.45, 7) is 1.89. The maximum Gasteiger partial charge on any atom is 0.198 e. The molecule has 118 valence electrons. The lowest BCUT2D eigenvalue weighted by Crippen LogP contribution is -2.31. The van der Waals surface area contributed by atoms with E-state index in [1.54, 1.807) is 0 Å². The number of benzene rings is 3. The van der Waals surface area contributed by atoms with E-state index in [0.717, 1.165) is 11.1 Å². The Labute approximate surface area is 141 Å². The molecule has 2 heteroatoms. The number of carbonyl (C=O) groups excluding carboxylic acids is 1. The fourth-order valence-corrected chi connectivity index (χ4v) is 3.53. The highest BCUT2D eigenvalue weighted by Gasteiger charge is 2.72. The van der Waals surface area contributed by atoms with Gasteiger partial charge in [0.05, 0.1) is 0 Å². The third-order valence-electron chi connectivity index (χ3n) is 4.82. The first-order valence-electron chi connectivity index (χ1n) is 8.09. The Morgan fingerprint density at radius 3 is 1.58 bits per heavy atom. The molecule has 1 aliphatic heterocycles. The topological polar surface area (TPSA) is 29.6 Å². The van der Waals surface area contributed by atoms with E-state index in [-0.39, 0.29) is 5.78 Å². The minimum Gasteiger partial charge on any atom is -0.344 e. The first kappa shape index (κ1) is 14.9. The molecule has 0 N–H and O–H groups in total. The summed E-state index contributed by atoms with van der Waals surface area (Å²) < 4.78 is 6.23. The highest BCUT2D eigenvalue weighted by atomic mass is 16.6. The van der Waals surface area contributed by atoms with Gasteiger partial charge in [-0.25, -0.2) is 0 Å². The number of carbonyl (C=O) groups is 1. The van der Waals surface area contributed by atoms with Gasteiger partial charge in [0, 0.05) is 5.56 Å². The average Bonchev–Trinajstić information content (AvgIpc) is 3.32. The fraction of sp³-hybridized carbons (Fsp3) is 0.136. The van der Waals surface area contributed by atoms with Crippen molar-refractivity contribution in [2.75, 3.05) is 0 Å². The standard InChI is InChI=1S/C22H18O2/c1-21(20(23)17-11-5-2-6-12-17)22(24-21,18-13-7-3-8-14-18)19-15-9-4-10-16-19/h2-16H,1H3. The Morgan fingerprint density at radius 1 is 0.708 bits per heavy atom. The van der Waals surface area contributed by atoms with Gasteiger partial charge in [-0.3, -0.25) is 4.79 Å². The van der Waals surface area contributed by atoms with Gasteiger partial charge in [-0.15, -0.1) is 0 Å². The summed E-state index contributed by atoms with van der Waals surface area (Å²) in [4.78, 5) is 13.2. The molecule has 0 aliphatic carbocycles. The minimum absolute atomic E-state index is 0.0100. The molecule has 0 aromatic heterocycles. The fourth-order valence-electron chi connectivity index (χ4n) is 3.53. The molecule has 1 saturated heterocycles. The van der Waals surface area contributed by atoms with Crippen LogP contribution in [0.5, 0.6) is 0 Å². The Kier molecular flexibility index (Phi) is 3.36. The summed E-state index contributed by atoms with van der Waals surface area (Å²) in [6.07, 6.45) is 0. The maximum atomic E-state index is 13.2. The summed E-state index contributed by atoms with van der Waals surface area (Å²) >= 11 is 0. The number of rotatable bonds is 4. The van der Waals surface area contributed by atoms with Crippen LogP contribution in [0.2, 0.25) is 0 Å². The second kappa shape index (κ2) is 5.43. The van der Waals surface area contributed by atoms with Gasteiger partial charge < -0.3 is 4.74 Å². The highest BCUT2D eigenvalue weighted by Crippen LogP contribution is 2.61. The quantitative estimate of drug-likeness (QED) is 0.520. The van der Waals surface area contributed by atoms with Crippen molar-refractivity contribution in [1.29, 1.82) is 0 Å². The van der Waals surface area contributed by atoms with E-state index < -0.39 is 11.2 Å². The molecule has 0 spiro atoms. The van der Waals surface area contributed by atoms with Crippen molar-refractivity contribution in [3.8, 4) is 0 Å². The minimum atomic E-state index is -0.906. The van der Waals surface area contributed by atoms with Crippen LogP contribution < -0.4 is 0 Å². The van der Waals surface area contributed by atoms with Crippen LogP contribution in [0.4, 0.5) is 0 Å². The molecule has 1 unspecified atom stereocenters. The van der Waals surface area contributed by atoms with Crippen molar-refractivity contribution in [1.82, 2.24) is 0 Å². The number of Topliss-reactive ketones (excluding diaryl/α,β-unsaturated/α-hetero) is 1. The molecule has 0 saturated carbocycles. The lowest BCUT2D eigenvalue weighted by Gasteiger charge is -2.18. The van der Waals surface area contributed by atoms with Crippen molar-refractivity contribution >= 4 is 5.78 Å². The summed E-state index contributed by atoms with van der Waals surface area (Å²) in [5.74, 6) is 0.0100. The van der Waals surface area contributed by atoms with Crippen molar-refractivity contribution in [3.63, 3.8) is 0 Å². The van der Waals surface area contributed by atoms with E-state index in [9.17, 15) is 4.79 Å². The number of ketones is 1. The molecule has 1 atom stereocenters. The normalized spacial score (nSPS) is 21.2. The molecular weight excluding hydrogens is 296 g/mol. The van der Waals surface area contributed by atoms with E-state index >= 15 is 0 Å². The predicted octanol–water partition coefficient (Wildman–Crippen LogP) is 4.60. The van der Waals surface area contributed by atoms with Gasteiger partial charge >= 0.3 is 0 Å². The van der Waals surface area contributed by atoms with Crippen LogP contribution in [0, 0.1) is 0 Å². The molecule has 1 aliphatic rings. The van der Waals surface area contributed by atoms with Gasteiger partial charge in [0.15, 0.2) is 17.0 Å². The van der Waals surface area contributed by atoms with E-state index in [1.807, 2.05) is 97.9 Å². The maximum absolute atomic E-state index is 13.2.